The van der Waals surface area contributed by atoms with Gasteiger partial charge in [0.25, 0.3) is 5.91 Å². The molecule has 1 saturated heterocycles. The van der Waals surface area contributed by atoms with Gasteiger partial charge in [-0.2, -0.15) is 0 Å². The average Bonchev–Trinajstić information content (AvgIpc) is 2.56. The summed E-state index contributed by atoms with van der Waals surface area (Å²) in [6, 6.07) is 7.50. The zero-order chi connectivity index (χ0) is 16.7. The smallest absolute Gasteiger partial charge is 0.409 e. The highest BCUT2D eigenvalue weighted by Gasteiger charge is 2.24. The van der Waals surface area contributed by atoms with Gasteiger partial charge >= 0.3 is 6.09 Å². The number of nitrogens with zero attached hydrogens (tertiary/aromatic N) is 1. The second-order valence-corrected chi connectivity index (χ2v) is 5.57. The maximum Gasteiger partial charge on any atom is 0.409 e. The molecule has 0 unspecified atom stereocenters. The van der Waals surface area contributed by atoms with Crippen LogP contribution in [0.1, 0.15) is 35.7 Å². The number of rotatable bonds is 5. The van der Waals surface area contributed by atoms with E-state index < -0.39 is 0 Å². The van der Waals surface area contributed by atoms with E-state index in [-0.39, 0.29) is 18.0 Å². The molecule has 1 aliphatic heterocycles. The SMILES string of the molecule is CCOC(=O)N1CCC(NC(=O)c2cccc(COC)c2)CC1. The molecule has 126 valence electrons. The van der Waals surface area contributed by atoms with Crippen molar-refractivity contribution in [2.24, 2.45) is 0 Å². The standard InChI is InChI=1S/C17H24N2O4/c1-3-23-17(21)19-9-7-15(8-10-19)18-16(20)14-6-4-5-13(11-14)12-22-2/h4-6,11,15H,3,7-10,12H2,1-2H3,(H,18,20). The van der Waals surface area contributed by atoms with E-state index in [1.807, 2.05) is 18.2 Å². The number of methoxy groups -OCH3 is 1. The summed E-state index contributed by atoms with van der Waals surface area (Å²) in [4.78, 5) is 25.7. The predicted octanol–water partition coefficient (Wildman–Crippen LogP) is 2.18. The molecule has 0 aliphatic carbocycles. The van der Waals surface area contributed by atoms with Crippen molar-refractivity contribution < 1.29 is 19.1 Å². The van der Waals surface area contributed by atoms with Crippen molar-refractivity contribution in [2.45, 2.75) is 32.4 Å². The minimum atomic E-state index is -0.274. The van der Waals surface area contributed by atoms with E-state index >= 15 is 0 Å². The number of hydrogen-bond acceptors (Lipinski definition) is 4. The maximum absolute atomic E-state index is 12.3. The molecule has 1 N–H and O–H groups in total. The molecule has 1 aromatic rings. The largest absolute Gasteiger partial charge is 0.450 e. The van der Waals surface area contributed by atoms with E-state index in [2.05, 4.69) is 5.32 Å². The summed E-state index contributed by atoms with van der Waals surface area (Å²) >= 11 is 0. The van der Waals surface area contributed by atoms with Crippen LogP contribution in [0.5, 0.6) is 0 Å². The van der Waals surface area contributed by atoms with Crippen LogP contribution in [0, 0.1) is 0 Å². The van der Waals surface area contributed by atoms with Crippen LogP contribution in [0.15, 0.2) is 24.3 Å². The van der Waals surface area contributed by atoms with Crippen molar-refractivity contribution in [1.82, 2.24) is 10.2 Å². The number of carbonyl (C=O) groups excluding carboxylic acids is 2. The Morgan fingerprint density at radius 2 is 2.04 bits per heavy atom. The molecule has 1 fully saturated rings. The summed E-state index contributed by atoms with van der Waals surface area (Å²) in [6.07, 6.45) is 1.20. The molecule has 23 heavy (non-hydrogen) atoms. The quantitative estimate of drug-likeness (QED) is 0.903. The Balaban J connectivity index is 1.85. The molecule has 1 aliphatic rings. The molecule has 0 bridgehead atoms. The minimum absolute atomic E-state index is 0.0826. The Morgan fingerprint density at radius 3 is 2.70 bits per heavy atom. The molecular formula is C17H24N2O4. The lowest BCUT2D eigenvalue weighted by atomic mass is 10.0. The highest BCUT2D eigenvalue weighted by molar-refractivity contribution is 5.94. The Morgan fingerprint density at radius 1 is 1.30 bits per heavy atom. The molecule has 1 heterocycles. The third kappa shape index (κ3) is 4.96. The van der Waals surface area contributed by atoms with Crippen molar-refractivity contribution in [3.8, 4) is 0 Å². The Labute approximate surface area is 136 Å². The lowest BCUT2D eigenvalue weighted by Gasteiger charge is -2.31. The van der Waals surface area contributed by atoms with E-state index in [1.54, 1.807) is 25.0 Å². The fraction of sp³-hybridized carbons (Fsp3) is 0.529. The number of ether oxygens (including phenoxy) is 2. The first-order valence-electron chi connectivity index (χ1n) is 7.94. The van der Waals surface area contributed by atoms with E-state index in [4.69, 9.17) is 9.47 Å². The summed E-state index contributed by atoms with van der Waals surface area (Å²) < 4.78 is 10.1. The zero-order valence-corrected chi connectivity index (χ0v) is 13.7. The molecule has 1 aromatic carbocycles. The maximum atomic E-state index is 12.3. The summed E-state index contributed by atoms with van der Waals surface area (Å²) in [5.74, 6) is -0.0856. The van der Waals surface area contributed by atoms with Gasteiger partial charge < -0.3 is 19.7 Å². The second-order valence-electron chi connectivity index (χ2n) is 5.57. The van der Waals surface area contributed by atoms with Crippen molar-refractivity contribution in [3.05, 3.63) is 35.4 Å². The summed E-state index contributed by atoms with van der Waals surface area (Å²) in [7, 11) is 1.63. The van der Waals surface area contributed by atoms with Crippen LogP contribution in [0.4, 0.5) is 4.79 Å². The molecule has 0 aromatic heterocycles. The van der Waals surface area contributed by atoms with Gasteiger partial charge in [-0.1, -0.05) is 12.1 Å². The van der Waals surface area contributed by atoms with Crippen LogP contribution in [0.2, 0.25) is 0 Å². The highest BCUT2D eigenvalue weighted by atomic mass is 16.6. The Kier molecular flexibility index (Phi) is 6.40. The van der Waals surface area contributed by atoms with Crippen molar-refractivity contribution in [3.63, 3.8) is 0 Å². The molecule has 6 nitrogen and oxygen atoms in total. The van der Waals surface area contributed by atoms with Gasteiger partial charge in [-0.25, -0.2) is 4.79 Å². The first kappa shape index (κ1) is 17.3. The van der Waals surface area contributed by atoms with Crippen LogP contribution in [0.3, 0.4) is 0 Å². The van der Waals surface area contributed by atoms with Gasteiger partial charge in [0.05, 0.1) is 13.2 Å². The summed E-state index contributed by atoms with van der Waals surface area (Å²) in [6.45, 7) is 3.87. The molecule has 0 spiro atoms. The normalized spacial score (nSPS) is 15.3. The van der Waals surface area contributed by atoms with Gasteiger partial charge in [-0.3, -0.25) is 4.79 Å². The van der Waals surface area contributed by atoms with Crippen LogP contribution in [-0.2, 0) is 16.1 Å². The number of nitrogens with one attached hydrogen (secondary N) is 1. The number of carbonyl (C=O) groups is 2. The van der Waals surface area contributed by atoms with Gasteiger partial charge in [0.15, 0.2) is 0 Å². The first-order valence-corrected chi connectivity index (χ1v) is 7.94. The summed E-state index contributed by atoms with van der Waals surface area (Å²) in [5.41, 5.74) is 1.60. The molecule has 0 radical (unpaired) electrons. The van der Waals surface area contributed by atoms with Crippen molar-refractivity contribution >= 4 is 12.0 Å². The highest BCUT2D eigenvalue weighted by Crippen LogP contribution is 2.13. The summed E-state index contributed by atoms with van der Waals surface area (Å²) in [5, 5.41) is 3.04. The topological polar surface area (TPSA) is 67.9 Å². The van der Waals surface area contributed by atoms with Crippen LogP contribution < -0.4 is 5.32 Å². The monoisotopic (exact) mass is 320 g/mol. The number of piperidine rings is 1. The zero-order valence-electron chi connectivity index (χ0n) is 13.7. The third-order valence-corrected chi connectivity index (χ3v) is 3.86. The van der Waals surface area contributed by atoms with Gasteiger partial charge in [-0.15, -0.1) is 0 Å². The van der Waals surface area contributed by atoms with Crippen LogP contribution >= 0.6 is 0 Å². The van der Waals surface area contributed by atoms with Gasteiger partial charge in [0, 0.05) is 31.8 Å². The molecular weight excluding hydrogens is 296 g/mol. The Hall–Kier alpha value is -2.08. The number of benzene rings is 1. The van der Waals surface area contributed by atoms with E-state index in [0.717, 1.165) is 18.4 Å². The predicted molar refractivity (Wildman–Crippen MR) is 86.2 cm³/mol. The van der Waals surface area contributed by atoms with Crippen LogP contribution in [-0.4, -0.2) is 49.7 Å². The van der Waals surface area contributed by atoms with Gasteiger partial charge in [-0.05, 0) is 37.5 Å². The Bertz CT molecular complexity index is 539. The molecule has 6 heteroatoms. The lowest BCUT2D eigenvalue weighted by Crippen LogP contribution is -2.46. The van der Waals surface area contributed by atoms with Crippen molar-refractivity contribution in [1.29, 1.82) is 0 Å². The molecule has 2 amide bonds. The van der Waals surface area contributed by atoms with Gasteiger partial charge in [0.1, 0.15) is 0 Å². The third-order valence-electron chi connectivity index (χ3n) is 3.86. The fourth-order valence-electron chi connectivity index (χ4n) is 2.66. The first-order chi connectivity index (χ1) is 11.1. The average molecular weight is 320 g/mol. The van der Waals surface area contributed by atoms with E-state index in [0.29, 0.717) is 31.9 Å². The minimum Gasteiger partial charge on any atom is -0.450 e. The number of likely N-dealkylation sites (tertiary alicyclic amines) is 1. The van der Waals surface area contributed by atoms with Crippen molar-refractivity contribution in [2.75, 3.05) is 26.8 Å². The van der Waals surface area contributed by atoms with Gasteiger partial charge in [0.2, 0.25) is 0 Å². The van der Waals surface area contributed by atoms with E-state index in [1.165, 1.54) is 0 Å². The molecule has 0 atom stereocenters. The van der Waals surface area contributed by atoms with Crippen LogP contribution in [0.25, 0.3) is 0 Å². The number of hydrogen-bond donors (Lipinski definition) is 1. The molecule has 2 rings (SSSR count). The molecule has 0 saturated carbocycles. The lowest BCUT2D eigenvalue weighted by molar-refractivity contribution is 0.0860. The second kappa shape index (κ2) is 8.53. The fourth-order valence-corrected chi connectivity index (χ4v) is 2.66. The number of amides is 2. The van der Waals surface area contributed by atoms with E-state index in [9.17, 15) is 9.59 Å².